The van der Waals surface area contributed by atoms with Crippen molar-refractivity contribution in [3.05, 3.63) is 12.2 Å². The molecule has 1 heterocycles. The minimum Gasteiger partial charge on any atom is -0.300 e. The molecule has 0 N–H and O–H groups in total. The highest BCUT2D eigenvalue weighted by molar-refractivity contribution is 4.82. The van der Waals surface area contributed by atoms with E-state index in [0.29, 0.717) is 0 Å². The Kier molecular flexibility index (Phi) is 3.52. The first kappa shape index (κ1) is 7.80. The van der Waals surface area contributed by atoms with Crippen LogP contribution in [-0.2, 0) is 0 Å². The lowest BCUT2D eigenvalue weighted by Gasteiger charge is -2.24. The Morgan fingerprint density at radius 2 is 1.90 bits per heavy atom. The first-order valence-electron chi connectivity index (χ1n) is 4.27. The van der Waals surface area contributed by atoms with Crippen LogP contribution in [-0.4, -0.2) is 24.5 Å². The van der Waals surface area contributed by atoms with Crippen LogP contribution in [0.15, 0.2) is 12.2 Å². The van der Waals surface area contributed by atoms with Crippen LogP contribution in [0.25, 0.3) is 0 Å². The third kappa shape index (κ3) is 2.53. The van der Waals surface area contributed by atoms with Gasteiger partial charge >= 0.3 is 0 Å². The molecule has 0 aromatic heterocycles. The molecule has 0 atom stereocenters. The molecule has 58 valence electrons. The zero-order valence-corrected chi connectivity index (χ0v) is 6.84. The lowest BCUT2D eigenvalue weighted by molar-refractivity contribution is 0.251. The molecule has 1 nitrogen and oxygen atoms in total. The molecule has 0 aromatic rings. The Bertz CT molecular complexity index is 101. The van der Waals surface area contributed by atoms with Gasteiger partial charge in [-0.05, 0) is 32.9 Å². The van der Waals surface area contributed by atoms with E-state index in [0.717, 1.165) is 6.54 Å². The molecule has 1 fully saturated rings. The van der Waals surface area contributed by atoms with Crippen LogP contribution in [0, 0.1) is 0 Å². The highest BCUT2D eigenvalue weighted by Gasteiger charge is 2.06. The predicted molar refractivity (Wildman–Crippen MR) is 45.1 cm³/mol. The second-order valence-electron chi connectivity index (χ2n) is 2.93. The number of rotatable bonds is 2. The van der Waals surface area contributed by atoms with Crippen molar-refractivity contribution in [3.63, 3.8) is 0 Å². The fourth-order valence-electron chi connectivity index (χ4n) is 1.40. The molecule has 1 aliphatic heterocycles. The average Bonchev–Trinajstić information content (AvgIpc) is 2.03. The number of hydrogen-bond acceptors (Lipinski definition) is 1. The second kappa shape index (κ2) is 4.51. The molecule has 0 unspecified atom stereocenters. The van der Waals surface area contributed by atoms with E-state index in [4.69, 9.17) is 0 Å². The van der Waals surface area contributed by atoms with Crippen LogP contribution in [0.2, 0.25) is 0 Å². The van der Waals surface area contributed by atoms with Crippen LogP contribution < -0.4 is 0 Å². The van der Waals surface area contributed by atoms with E-state index in [-0.39, 0.29) is 0 Å². The molecule has 0 saturated carbocycles. The van der Waals surface area contributed by atoms with Crippen LogP contribution in [0.5, 0.6) is 0 Å². The van der Waals surface area contributed by atoms with E-state index in [1.807, 2.05) is 0 Å². The topological polar surface area (TPSA) is 3.24 Å². The molecule has 0 aliphatic carbocycles. The fourth-order valence-corrected chi connectivity index (χ4v) is 1.40. The third-order valence-corrected chi connectivity index (χ3v) is 2.05. The Balaban J connectivity index is 2.13. The van der Waals surface area contributed by atoms with Gasteiger partial charge in [-0.1, -0.05) is 18.6 Å². The Morgan fingerprint density at radius 3 is 2.50 bits per heavy atom. The van der Waals surface area contributed by atoms with Crippen molar-refractivity contribution in [2.75, 3.05) is 19.6 Å². The molecule has 0 spiro atoms. The van der Waals surface area contributed by atoms with Gasteiger partial charge in [-0.25, -0.2) is 0 Å². The summed E-state index contributed by atoms with van der Waals surface area (Å²) >= 11 is 0. The molecular formula is C9H17N. The van der Waals surface area contributed by atoms with Crippen molar-refractivity contribution < 1.29 is 0 Å². The van der Waals surface area contributed by atoms with E-state index >= 15 is 0 Å². The maximum atomic E-state index is 2.52. The normalized spacial score (nSPS) is 22.1. The lowest BCUT2D eigenvalue weighted by atomic mass is 10.1. The van der Waals surface area contributed by atoms with Gasteiger partial charge in [0.2, 0.25) is 0 Å². The summed E-state index contributed by atoms with van der Waals surface area (Å²) < 4.78 is 0. The molecular weight excluding hydrogens is 122 g/mol. The number of hydrogen-bond donors (Lipinski definition) is 0. The van der Waals surface area contributed by atoms with Crippen molar-refractivity contribution in [2.24, 2.45) is 0 Å². The Morgan fingerprint density at radius 1 is 1.20 bits per heavy atom. The summed E-state index contributed by atoms with van der Waals surface area (Å²) in [6.07, 6.45) is 8.61. The molecule has 0 amide bonds. The molecule has 1 aliphatic rings. The van der Waals surface area contributed by atoms with Crippen molar-refractivity contribution in [1.82, 2.24) is 4.90 Å². The zero-order chi connectivity index (χ0) is 7.23. The SMILES string of the molecule is C/C=C/CN1CCCCC1. The number of piperidine rings is 1. The summed E-state index contributed by atoms with van der Waals surface area (Å²) in [6, 6.07) is 0. The number of nitrogens with zero attached hydrogens (tertiary/aromatic N) is 1. The van der Waals surface area contributed by atoms with Gasteiger partial charge in [0.05, 0.1) is 0 Å². The summed E-state index contributed by atoms with van der Waals surface area (Å²) in [5, 5.41) is 0. The lowest BCUT2D eigenvalue weighted by Crippen LogP contribution is -2.29. The minimum atomic E-state index is 1.16. The maximum Gasteiger partial charge on any atom is 0.0163 e. The minimum absolute atomic E-state index is 1.16. The second-order valence-corrected chi connectivity index (χ2v) is 2.93. The van der Waals surface area contributed by atoms with Gasteiger partial charge in [0.25, 0.3) is 0 Å². The van der Waals surface area contributed by atoms with Crippen LogP contribution >= 0.6 is 0 Å². The Labute approximate surface area is 63.7 Å². The molecule has 10 heavy (non-hydrogen) atoms. The van der Waals surface area contributed by atoms with Crippen LogP contribution in [0.3, 0.4) is 0 Å². The van der Waals surface area contributed by atoms with Gasteiger partial charge in [0.15, 0.2) is 0 Å². The predicted octanol–water partition coefficient (Wildman–Crippen LogP) is 2.05. The van der Waals surface area contributed by atoms with Crippen molar-refractivity contribution in [1.29, 1.82) is 0 Å². The number of likely N-dealkylation sites (tertiary alicyclic amines) is 1. The van der Waals surface area contributed by atoms with Gasteiger partial charge in [-0.15, -0.1) is 0 Å². The first-order chi connectivity index (χ1) is 4.93. The molecule has 1 saturated heterocycles. The zero-order valence-electron chi connectivity index (χ0n) is 6.84. The largest absolute Gasteiger partial charge is 0.300 e. The molecule has 1 heteroatoms. The standard InChI is InChI=1S/C9H17N/c1-2-3-7-10-8-5-4-6-9-10/h2-3H,4-9H2,1H3/b3-2+. The van der Waals surface area contributed by atoms with Gasteiger partial charge in [0, 0.05) is 6.54 Å². The van der Waals surface area contributed by atoms with Crippen LogP contribution in [0.4, 0.5) is 0 Å². The van der Waals surface area contributed by atoms with E-state index < -0.39 is 0 Å². The third-order valence-electron chi connectivity index (χ3n) is 2.05. The summed E-state index contributed by atoms with van der Waals surface area (Å²) in [5.74, 6) is 0. The van der Waals surface area contributed by atoms with Crippen molar-refractivity contribution >= 4 is 0 Å². The molecule has 0 bridgehead atoms. The monoisotopic (exact) mass is 139 g/mol. The highest BCUT2D eigenvalue weighted by Crippen LogP contribution is 2.07. The van der Waals surface area contributed by atoms with Crippen LogP contribution in [0.1, 0.15) is 26.2 Å². The first-order valence-corrected chi connectivity index (χ1v) is 4.27. The summed E-state index contributed by atoms with van der Waals surface area (Å²) in [7, 11) is 0. The van der Waals surface area contributed by atoms with E-state index in [2.05, 4.69) is 24.0 Å². The fraction of sp³-hybridized carbons (Fsp3) is 0.778. The maximum absolute atomic E-state index is 2.52. The molecule has 0 aromatic carbocycles. The highest BCUT2D eigenvalue weighted by atomic mass is 15.1. The van der Waals surface area contributed by atoms with Crippen molar-refractivity contribution in [2.45, 2.75) is 26.2 Å². The number of allylic oxidation sites excluding steroid dienone is 1. The summed E-state index contributed by atoms with van der Waals surface area (Å²) in [6.45, 7) is 5.87. The summed E-state index contributed by atoms with van der Waals surface area (Å²) in [5.41, 5.74) is 0. The quantitative estimate of drug-likeness (QED) is 0.529. The van der Waals surface area contributed by atoms with Crippen molar-refractivity contribution in [3.8, 4) is 0 Å². The van der Waals surface area contributed by atoms with E-state index in [9.17, 15) is 0 Å². The molecule has 0 radical (unpaired) electrons. The van der Waals surface area contributed by atoms with E-state index in [1.54, 1.807) is 0 Å². The average molecular weight is 139 g/mol. The smallest absolute Gasteiger partial charge is 0.0163 e. The van der Waals surface area contributed by atoms with Gasteiger partial charge < -0.3 is 0 Å². The van der Waals surface area contributed by atoms with Gasteiger partial charge in [0.1, 0.15) is 0 Å². The Hall–Kier alpha value is -0.300. The van der Waals surface area contributed by atoms with Gasteiger partial charge in [-0.3, -0.25) is 4.90 Å². The molecule has 1 rings (SSSR count). The summed E-state index contributed by atoms with van der Waals surface area (Å²) in [4.78, 5) is 2.52. The van der Waals surface area contributed by atoms with Gasteiger partial charge in [-0.2, -0.15) is 0 Å². The van der Waals surface area contributed by atoms with E-state index in [1.165, 1.54) is 32.4 Å².